The summed E-state index contributed by atoms with van der Waals surface area (Å²) in [6, 6.07) is -1.73. The molecule has 3 atom stereocenters. The lowest BCUT2D eigenvalue weighted by Crippen LogP contribution is -2.44. The van der Waals surface area contributed by atoms with Gasteiger partial charge in [0.25, 0.3) is 0 Å². The second-order valence-corrected chi connectivity index (χ2v) is 5.08. The molecule has 0 aliphatic carbocycles. The van der Waals surface area contributed by atoms with E-state index in [0.29, 0.717) is 6.42 Å². The van der Waals surface area contributed by atoms with E-state index < -0.39 is 41.9 Å². The summed E-state index contributed by atoms with van der Waals surface area (Å²) in [5.74, 6) is -2.30. The number of ether oxygens (including phenoxy) is 2. The van der Waals surface area contributed by atoms with Crippen molar-refractivity contribution in [3.63, 3.8) is 0 Å². The van der Waals surface area contributed by atoms with E-state index in [-0.39, 0.29) is 19.7 Å². The van der Waals surface area contributed by atoms with Gasteiger partial charge in [0.05, 0.1) is 13.1 Å². The van der Waals surface area contributed by atoms with Gasteiger partial charge < -0.3 is 31.6 Å². The van der Waals surface area contributed by atoms with Crippen LogP contribution in [0.25, 0.3) is 0 Å². The van der Waals surface area contributed by atoms with Crippen molar-refractivity contribution in [2.75, 3.05) is 19.7 Å². The largest absolute Gasteiger partial charge is 0.460 e. The molecule has 0 saturated carbocycles. The minimum atomic E-state index is -0.867. The van der Waals surface area contributed by atoms with Crippen LogP contribution in [0.4, 0.5) is 0 Å². The van der Waals surface area contributed by atoms with Gasteiger partial charge in [-0.25, -0.2) is 9.59 Å². The average Bonchev–Trinajstić information content (AvgIpc) is 2.57. The number of hydrogen-bond donors (Lipinski definition) is 4. The van der Waals surface area contributed by atoms with Crippen LogP contribution in [0.5, 0.6) is 0 Å². The van der Waals surface area contributed by atoms with Gasteiger partial charge in [-0.2, -0.15) is 0 Å². The third-order valence-corrected chi connectivity index (χ3v) is 2.98. The Labute approximate surface area is 140 Å². The summed E-state index contributed by atoms with van der Waals surface area (Å²) in [5.41, 5.74) is 10.3. The van der Waals surface area contributed by atoms with E-state index in [1.807, 2.05) is 0 Å². The molecule has 10 nitrogen and oxygen atoms in total. The first kappa shape index (κ1) is 21.8. The lowest BCUT2D eigenvalue weighted by molar-refractivity contribution is -0.162. The van der Waals surface area contributed by atoms with Crippen LogP contribution in [-0.4, -0.2) is 61.6 Å². The Hall–Kier alpha value is -2.20. The molecule has 0 aromatic rings. The Morgan fingerprint density at radius 2 is 1.38 bits per heavy atom. The second-order valence-electron chi connectivity index (χ2n) is 5.08. The normalized spacial score (nSPS) is 14.0. The molecule has 0 saturated heterocycles. The molecule has 0 fully saturated rings. The van der Waals surface area contributed by atoms with Crippen molar-refractivity contribution in [1.82, 2.24) is 10.6 Å². The third kappa shape index (κ3) is 8.44. The fourth-order valence-corrected chi connectivity index (χ4v) is 1.52. The Balaban J connectivity index is 4.36. The van der Waals surface area contributed by atoms with Crippen molar-refractivity contribution in [3.05, 3.63) is 0 Å². The van der Waals surface area contributed by atoms with Gasteiger partial charge in [-0.1, -0.05) is 6.92 Å². The SMILES string of the molecule is CC[C@@H](COC(=O)[C@H](C)NC(=O)CN)OC(=O)[C@H](C)NC(=O)CN. The van der Waals surface area contributed by atoms with Gasteiger partial charge in [0.2, 0.25) is 11.8 Å². The van der Waals surface area contributed by atoms with Gasteiger partial charge in [0.1, 0.15) is 24.8 Å². The van der Waals surface area contributed by atoms with Gasteiger partial charge >= 0.3 is 11.9 Å². The number of esters is 2. The molecule has 0 bridgehead atoms. The molecule has 0 aliphatic rings. The van der Waals surface area contributed by atoms with Crippen LogP contribution in [0, 0.1) is 0 Å². The minimum Gasteiger partial charge on any atom is -0.460 e. The summed E-state index contributed by atoms with van der Waals surface area (Å²) in [6.07, 6.45) is -0.267. The Kier molecular flexibility index (Phi) is 10.3. The molecule has 0 rings (SSSR count). The predicted molar refractivity (Wildman–Crippen MR) is 84.4 cm³/mol. The molecular formula is C14H26N4O6. The van der Waals surface area contributed by atoms with Gasteiger partial charge in [-0.3, -0.25) is 9.59 Å². The molecule has 2 amide bonds. The van der Waals surface area contributed by atoms with Crippen molar-refractivity contribution in [3.8, 4) is 0 Å². The number of rotatable bonds is 10. The fourth-order valence-electron chi connectivity index (χ4n) is 1.52. The maximum absolute atomic E-state index is 11.8. The molecule has 10 heteroatoms. The first-order chi connectivity index (χ1) is 11.2. The van der Waals surface area contributed by atoms with Crippen LogP contribution in [0.1, 0.15) is 27.2 Å². The number of amides is 2. The molecule has 0 aromatic carbocycles. The van der Waals surface area contributed by atoms with Crippen LogP contribution >= 0.6 is 0 Å². The Morgan fingerprint density at radius 1 is 0.917 bits per heavy atom. The molecule has 24 heavy (non-hydrogen) atoms. The lowest BCUT2D eigenvalue weighted by Gasteiger charge is -2.20. The Morgan fingerprint density at radius 3 is 1.79 bits per heavy atom. The molecule has 0 aromatic heterocycles. The average molecular weight is 346 g/mol. The fraction of sp³-hybridized carbons (Fsp3) is 0.714. The maximum Gasteiger partial charge on any atom is 0.328 e. The number of carbonyl (C=O) groups excluding carboxylic acids is 4. The highest BCUT2D eigenvalue weighted by Gasteiger charge is 2.23. The van der Waals surface area contributed by atoms with Crippen molar-refractivity contribution < 1.29 is 28.7 Å². The van der Waals surface area contributed by atoms with E-state index in [9.17, 15) is 19.2 Å². The van der Waals surface area contributed by atoms with E-state index in [1.54, 1.807) is 6.92 Å². The van der Waals surface area contributed by atoms with Crippen LogP contribution in [-0.2, 0) is 28.7 Å². The molecule has 6 N–H and O–H groups in total. The summed E-state index contributed by atoms with van der Waals surface area (Å²) in [6.45, 7) is 4.01. The van der Waals surface area contributed by atoms with E-state index >= 15 is 0 Å². The molecule has 0 radical (unpaired) electrons. The zero-order valence-electron chi connectivity index (χ0n) is 14.2. The number of carbonyl (C=O) groups is 4. The quantitative estimate of drug-likeness (QED) is 0.323. The summed E-state index contributed by atoms with van der Waals surface area (Å²) < 4.78 is 10.2. The lowest BCUT2D eigenvalue weighted by atomic mass is 10.2. The summed E-state index contributed by atoms with van der Waals surface area (Å²) in [7, 11) is 0. The third-order valence-electron chi connectivity index (χ3n) is 2.98. The number of hydrogen-bond acceptors (Lipinski definition) is 8. The smallest absolute Gasteiger partial charge is 0.328 e. The molecule has 0 spiro atoms. The van der Waals surface area contributed by atoms with Crippen molar-refractivity contribution in [2.45, 2.75) is 45.4 Å². The monoisotopic (exact) mass is 346 g/mol. The zero-order valence-corrected chi connectivity index (χ0v) is 14.2. The van der Waals surface area contributed by atoms with Crippen molar-refractivity contribution in [1.29, 1.82) is 0 Å². The van der Waals surface area contributed by atoms with Crippen LogP contribution in [0.3, 0.4) is 0 Å². The van der Waals surface area contributed by atoms with Crippen LogP contribution < -0.4 is 22.1 Å². The van der Waals surface area contributed by atoms with Crippen LogP contribution in [0.2, 0.25) is 0 Å². The summed E-state index contributed by atoms with van der Waals surface area (Å²) >= 11 is 0. The standard InChI is InChI=1S/C14H26N4O6/c1-4-10(24-14(22)9(3)18-12(20)6-16)7-23-13(21)8(2)17-11(19)5-15/h8-10H,4-7,15-16H2,1-3H3,(H,17,19)(H,18,20)/t8-,9-,10-/m0/s1. The van der Waals surface area contributed by atoms with E-state index in [0.717, 1.165) is 0 Å². The first-order valence-corrected chi connectivity index (χ1v) is 7.61. The minimum absolute atomic E-state index is 0.165. The number of nitrogens with one attached hydrogen (secondary N) is 2. The summed E-state index contributed by atoms with van der Waals surface area (Å²) in [5, 5.41) is 4.72. The maximum atomic E-state index is 11.8. The van der Waals surface area contributed by atoms with E-state index in [1.165, 1.54) is 13.8 Å². The topological polar surface area (TPSA) is 163 Å². The van der Waals surface area contributed by atoms with Gasteiger partial charge in [0, 0.05) is 0 Å². The predicted octanol–water partition coefficient (Wildman–Crippen LogP) is -2.22. The first-order valence-electron chi connectivity index (χ1n) is 7.61. The summed E-state index contributed by atoms with van der Waals surface area (Å²) in [4.78, 5) is 45.8. The molecule has 0 unspecified atom stereocenters. The number of nitrogens with two attached hydrogens (primary N) is 2. The Bertz CT molecular complexity index is 457. The zero-order chi connectivity index (χ0) is 18.7. The van der Waals surface area contributed by atoms with Gasteiger partial charge in [-0.15, -0.1) is 0 Å². The molecule has 0 aliphatic heterocycles. The second kappa shape index (κ2) is 11.4. The highest BCUT2D eigenvalue weighted by atomic mass is 16.6. The van der Waals surface area contributed by atoms with Crippen molar-refractivity contribution in [2.24, 2.45) is 11.5 Å². The highest BCUT2D eigenvalue weighted by Crippen LogP contribution is 2.03. The van der Waals surface area contributed by atoms with Gasteiger partial charge in [-0.05, 0) is 20.3 Å². The molecule has 138 valence electrons. The molecular weight excluding hydrogens is 320 g/mol. The van der Waals surface area contributed by atoms with E-state index in [2.05, 4.69) is 10.6 Å². The van der Waals surface area contributed by atoms with Crippen LogP contribution in [0.15, 0.2) is 0 Å². The molecule has 0 heterocycles. The van der Waals surface area contributed by atoms with Crippen molar-refractivity contribution >= 4 is 23.8 Å². The van der Waals surface area contributed by atoms with Gasteiger partial charge in [0.15, 0.2) is 0 Å². The van der Waals surface area contributed by atoms with E-state index in [4.69, 9.17) is 20.9 Å². The highest BCUT2D eigenvalue weighted by molar-refractivity contribution is 5.85.